The van der Waals surface area contributed by atoms with Gasteiger partial charge in [0.15, 0.2) is 5.69 Å². The molecule has 0 radical (unpaired) electrons. The van der Waals surface area contributed by atoms with Gasteiger partial charge in [0.05, 0.1) is 5.52 Å². The highest BCUT2D eigenvalue weighted by molar-refractivity contribution is 5.95. The summed E-state index contributed by atoms with van der Waals surface area (Å²) in [5, 5.41) is 4.67. The van der Waals surface area contributed by atoms with Gasteiger partial charge in [0.2, 0.25) is 5.43 Å². The Morgan fingerprint density at radius 2 is 1.84 bits per heavy atom. The van der Waals surface area contributed by atoms with Gasteiger partial charge >= 0.3 is 0 Å². The summed E-state index contributed by atoms with van der Waals surface area (Å²) >= 11 is 0. The van der Waals surface area contributed by atoms with E-state index in [-0.39, 0.29) is 18.1 Å². The number of para-hydroxylation sites is 1. The second-order valence-corrected chi connectivity index (χ2v) is 5.76. The van der Waals surface area contributed by atoms with E-state index in [0.29, 0.717) is 23.0 Å². The third-order valence-corrected chi connectivity index (χ3v) is 4.08. The summed E-state index contributed by atoms with van der Waals surface area (Å²) in [6.07, 6.45) is 0. The summed E-state index contributed by atoms with van der Waals surface area (Å²) < 4.78 is 15.4. The van der Waals surface area contributed by atoms with Crippen LogP contribution in [0.5, 0.6) is 0 Å². The molecule has 0 saturated heterocycles. The number of halogens is 1. The summed E-state index contributed by atoms with van der Waals surface area (Å²) in [4.78, 5) is 26.7. The number of aromatic nitrogens is 2. The standard InChI is InChI=1S/C19H18FN3O2/c1-3-23-16-11-7-5-9-14(16)18(24)17(21-23)19(25)22(2)12-13-8-4-6-10-15(13)20/h4-11H,3,12H2,1-2H3. The first kappa shape index (κ1) is 16.8. The molecule has 128 valence electrons. The van der Waals surface area contributed by atoms with E-state index in [9.17, 15) is 14.0 Å². The van der Waals surface area contributed by atoms with Crippen LogP contribution in [0.3, 0.4) is 0 Å². The van der Waals surface area contributed by atoms with E-state index in [1.165, 1.54) is 18.0 Å². The first-order chi connectivity index (χ1) is 12.0. The van der Waals surface area contributed by atoms with Crippen molar-refractivity contribution in [3.63, 3.8) is 0 Å². The second-order valence-electron chi connectivity index (χ2n) is 5.76. The highest BCUT2D eigenvalue weighted by Crippen LogP contribution is 2.13. The van der Waals surface area contributed by atoms with Gasteiger partial charge in [-0.1, -0.05) is 30.3 Å². The van der Waals surface area contributed by atoms with E-state index in [0.717, 1.165) is 0 Å². The smallest absolute Gasteiger partial charge is 0.278 e. The van der Waals surface area contributed by atoms with Crippen molar-refractivity contribution in [3.05, 3.63) is 75.8 Å². The molecule has 0 aliphatic carbocycles. The van der Waals surface area contributed by atoms with Gasteiger partial charge in [-0.2, -0.15) is 5.10 Å². The summed E-state index contributed by atoms with van der Waals surface area (Å²) in [5.41, 5.74) is 0.503. The summed E-state index contributed by atoms with van der Waals surface area (Å²) in [5.74, 6) is -0.916. The number of hydrogen-bond donors (Lipinski definition) is 0. The predicted molar refractivity (Wildman–Crippen MR) is 93.9 cm³/mol. The van der Waals surface area contributed by atoms with Crippen molar-refractivity contribution in [1.29, 1.82) is 0 Å². The number of amides is 1. The monoisotopic (exact) mass is 339 g/mol. The maximum absolute atomic E-state index is 13.8. The average molecular weight is 339 g/mol. The minimum atomic E-state index is -0.527. The van der Waals surface area contributed by atoms with Crippen molar-refractivity contribution in [1.82, 2.24) is 14.7 Å². The van der Waals surface area contributed by atoms with Gasteiger partial charge in [-0.15, -0.1) is 0 Å². The van der Waals surface area contributed by atoms with Crippen molar-refractivity contribution >= 4 is 16.8 Å². The van der Waals surface area contributed by atoms with Crippen LogP contribution in [0.4, 0.5) is 4.39 Å². The van der Waals surface area contributed by atoms with Gasteiger partial charge in [0.1, 0.15) is 5.82 Å². The molecule has 5 nitrogen and oxygen atoms in total. The highest BCUT2D eigenvalue weighted by atomic mass is 19.1. The topological polar surface area (TPSA) is 55.2 Å². The van der Waals surface area contributed by atoms with Gasteiger partial charge in [-0.05, 0) is 25.1 Å². The van der Waals surface area contributed by atoms with Crippen LogP contribution in [-0.2, 0) is 13.1 Å². The third kappa shape index (κ3) is 3.15. The van der Waals surface area contributed by atoms with Crippen LogP contribution in [-0.4, -0.2) is 27.6 Å². The SMILES string of the molecule is CCn1nc(C(=O)N(C)Cc2ccccc2F)c(=O)c2ccccc21. The molecule has 0 aliphatic heterocycles. The van der Waals surface area contributed by atoms with Crippen molar-refractivity contribution in [2.75, 3.05) is 7.05 Å². The molecule has 0 saturated carbocycles. The fourth-order valence-electron chi connectivity index (χ4n) is 2.75. The van der Waals surface area contributed by atoms with Crippen LogP contribution < -0.4 is 5.43 Å². The zero-order chi connectivity index (χ0) is 18.0. The molecule has 2 aromatic carbocycles. The third-order valence-electron chi connectivity index (χ3n) is 4.08. The number of carbonyl (C=O) groups is 1. The summed E-state index contributed by atoms with van der Waals surface area (Å²) in [6, 6.07) is 13.3. The zero-order valence-electron chi connectivity index (χ0n) is 14.1. The van der Waals surface area contributed by atoms with Crippen molar-refractivity contribution in [2.24, 2.45) is 0 Å². The molecule has 0 aliphatic rings. The van der Waals surface area contributed by atoms with Crippen LogP contribution >= 0.6 is 0 Å². The second kappa shape index (κ2) is 6.84. The molecule has 0 N–H and O–H groups in total. The van der Waals surface area contributed by atoms with Gasteiger partial charge in [-0.3, -0.25) is 14.3 Å². The van der Waals surface area contributed by atoms with Gasteiger partial charge < -0.3 is 4.90 Å². The maximum atomic E-state index is 13.8. The van der Waals surface area contributed by atoms with Crippen molar-refractivity contribution in [2.45, 2.75) is 20.0 Å². The lowest BCUT2D eigenvalue weighted by Gasteiger charge is -2.18. The quantitative estimate of drug-likeness (QED) is 0.734. The summed E-state index contributed by atoms with van der Waals surface area (Å²) in [6.45, 7) is 2.48. The Bertz CT molecular complexity index is 997. The van der Waals surface area contributed by atoms with Crippen LogP contribution in [0.15, 0.2) is 53.3 Å². The van der Waals surface area contributed by atoms with Gasteiger partial charge in [-0.25, -0.2) is 4.39 Å². The van der Waals surface area contributed by atoms with Crippen LogP contribution in [0.2, 0.25) is 0 Å². The van der Waals surface area contributed by atoms with E-state index in [2.05, 4.69) is 5.10 Å². The number of hydrogen-bond acceptors (Lipinski definition) is 3. The molecule has 3 aromatic rings. The van der Waals surface area contributed by atoms with Crippen molar-refractivity contribution < 1.29 is 9.18 Å². The van der Waals surface area contributed by atoms with Crippen molar-refractivity contribution in [3.8, 4) is 0 Å². The minimum absolute atomic E-state index is 0.0611. The maximum Gasteiger partial charge on any atom is 0.278 e. The van der Waals surface area contributed by atoms with E-state index in [4.69, 9.17) is 0 Å². The molecule has 0 bridgehead atoms. The Balaban J connectivity index is 2.01. The Kier molecular flexibility index (Phi) is 4.61. The van der Waals surface area contributed by atoms with E-state index in [1.54, 1.807) is 41.1 Å². The number of fused-ring (bicyclic) bond motifs is 1. The Hall–Kier alpha value is -3.02. The average Bonchev–Trinajstić information content (AvgIpc) is 2.63. The highest BCUT2D eigenvalue weighted by Gasteiger charge is 2.21. The van der Waals surface area contributed by atoms with E-state index >= 15 is 0 Å². The molecular formula is C19H18FN3O2. The lowest BCUT2D eigenvalue weighted by Crippen LogP contribution is -2.33. The molecule has 1 heterocycles. The molecular weight excluding hydrogens is 321 g/mol. The zero-order valence-corrected chi connectivity index (χ0v) is 14.1. The largest absolute Gasteiger partial charge is 0.336 e. The Labute approximate surface area is 144 Å². The van der Waals surface area contributed by atoms with E-state index < -0.39 is 11.3 Å². The molecule has 1 aromatic heterocycles. The lowest BCUT2D eigenvalue weighted by atomic mass is 10.1. The number of aryl methyl sites for hydroxylation is 1. The Morgan fingerprint density at radius 1 is 1.16 bits per heavy atom. The molecule has 6 heteroatoms. The number of nitrogens with zero attached hydrogens (tertiary/aromatic N) is 3. The normalized spacial score (nSPS) is 10.8. The first-order valence-electron chi connectivity index (χ1n) is 8.01. The molecule has 0 unspecified atom stereocenters. The molecule has 3 rings (SSSR count). The summed E-state index contributed by atoms with van der Waals surface area (Å²) in [7, 11) is 1.53. The molecule has 25 heavy (non-hydrogen) atoms. The Morgan fingerprint density at radius 3 is 2.56 bits per heavy atom. The first-order valence-corrected chi connectivity index (χ1v) is 8.01. The lowest BCUT2D eigenvalue weighted by molar-refractivity contribution is 0.0774. The van der Waals surface area contributed by atoms with E-state index in [1.807, 2.05) is 13.0 Å². The number of benzene rings is 2. The van der Waals surface area contributed by atoms with Gasteiger partial charge in [0.25, 0.3) is 5.91 Å². The molecule has 0 spiro atoms. The number of carbonyl (C=O) groups excluding carboxylic acids is 1. The van der Waals surface area contributed by atoms with Crippen LogP contribution in [0.1, 0.15) is 23.0 Å². The minimum Gasteiger partial charge on any atom is -0.336 e. The fourth-order valence-corrected chi connectivity index (χ4v) is 2.75. The van der Waals surface area contributed by atoms with Crippen LogP contribution in [0, 0.1) is 5.82 Å². The molecule has 1 amide bonds. The fraction of sp³-hybridized carbons (Fsp3) is 0.211. The predicted octanol–water partition coefficient (Wildman–Crippen LogP) is 2.83. The van der Waals surface area contributed by atoms with Crippen LogP contribution in [0.25, 0.3) is 10.9 Å². The molecule has 0 atom stereocenters. The molecule has 0 fully saturated rings. The van der Waals surface area contributed by atoms with Gasteiger partial charge in [0, 0.05) is 31.1 Å². The number of rotatable bonds is 4.